The Morgan fingerprint density at radius 2 is 2.11 bits per heavy atom. The van der Waals surface area contributed by atoms with Gasteiger partial charge in [-0.3, -0.25) is 9.48 Å². The first-order valence-corrected chi connectivity index (χ1v) is 6.11. The normalized spacial score (nSPS) is 10.8. The second kappa shape index (κ2) is 6.00. The number of aryl methyl sites for hydroxylation is 1. The van der Waals surface area contributed by atoms with Crippen LogP contribution in [0.1, 0.15) is 11.1 Å². The zero-order chi connectivity index (χ0) is 13.7. The van der Waals surface area contributed by atoms with Crippen molar-refractivity contribution >= 4 is 12.0 Å². The number of amides is 1. The fourth-order valence-corrected chi connectivity index (χ4v) is 1.76. The molecular weight excluding hydrogens is 238 g/mol. The van der Waals surface area contributed by atoms with Crippen LogP contribution in [0.4, 0.5) is 0 Å². The maximum atomic E-state index is 11.9. The minimum Gasteiger partial charge on any atom is -0.338 e. The van der Waals surface area contributed by atoms with Crippen LogP contribution in [0.5, 0.6) is 0 Å². The van der Waals surface area contributed by atoms with Gasteiger partial charge in [0.25, 0.3) is 0 Å². The smallest absolute Gasteiger partial charge is 0.246 e. The summed E-state index contributed by atoms with van der Waals surface area (Å²) < 4.78 is 1.73. The zero-order valence-electron chi connectivity index (χ0n) is 11.2. The molecule has 0 atom stereocenters. The van der Waals surface area contributed by atoms with Gasteiger partial charge in [0.05, 0.1) is 6.20 Å². The topological polar surface area (TPSA) is 38.1 Å². The fraction of sp³-hybridized carbons (Fsp3) is 0.200. The number of hydrogen-bond donors (Lipinski definition) is 0. The van der Waals surface area contributed by atoms with Crippen LogP contribution in [0.15, 0.2) is 48.8 Å². The van der Waals surface area contributed by atoms with Crippen molar-refractivity contribution in [2.75, 3.05) is 7.05 Å². The zero-order valence-corrected chi connectivity index (χ0v) is 11.2. The Morgan fingerprint density at radius 1 is 1.37 bits per heavy atom. The lowest BCUT2D eigenvalue weighted by Gasteiger charge is -2.13. The van der Waals surface area contributed by atoms with E-state index in [1.807, 2.05) is 49.7 Å². The van der Waals surface area contributed by atoms with Crippen molar-refractivity contribution < 1.29 is 4.79 Å². The van der Waals surface area contributed by atoms with E-state index < -0.39 is 0 Å². The number of benzene rings is 1. The molecule has 0 saturated heterocycles. The van der Waals surface area contributed by atoms with Gasteiger partial charge in [-0.1, -0.05) is 30.3 Å². The van der Waals surface area contributed by atoms with E-state index in [9.17, 15) is 4.79 Å². The Kier molecular flexibility index (Phi) is 4.13. The molecule has 0 radical (unpaired) electrons. The molecule has 1 heterocycles. The SMILES string of the molecule is CN(Cc1cnn(C)c1)C(=O)/C=C/c1ccccc1. The van der Waals surface area contributed by atoms with Gasteiger partial charge in [0.1, 0.15) is 0 Å². The van der Waals surface area contributed by atoms with Crippen LogP contribution >= 0.6 is 0 Å². The summed E-state index contributed by atoms with van der Waals surface area (Å²) in [5.41, 5.74) is 2.04. The van der Waals surface area contributed by atoms with Crippen LogP contribution in [0.25, 0.3) is 6.08 Å². The van der Waals surface area contributed by atoms with E-state index in [1.54, 1.807) is 28.9 Å². The Morgan fingerprint density at radius 3 is 2.74 bits per heavy atom. The van der Waals surface area contributed by atoms with Crippen molar-refractivity contribution in [1.82, 2.24) is 14.7 Å². The van der Waals surface area contributed by atoms with Gasteiger partial charge in [-0.15, -0.1) is 0 Å². The average Bonchev–Trinajstić information content (AvgIpc) is 2.82. The van der Waals surface area contributed by atoms with Gasteiger partial charge in [0, 0.05) is 38.5 Å². The predicted octanol–water partition coefficient (Wildman–Crippen LogP) is 2.09. The van der Waals surface area contributed by atoms with Crippen LogP contribution in [-0.2, 0) is 18.4 Å². The van der Waals surface area contributed by atoms with E-state index in [4.69, 9.17) is 0 Å². The summed E-state index contributed by atoms with van der Waals surface area (Å²) in [7, 11) is 3.64. The van der Waals surface area contributed by atoms with Crippen molar-refractivity contribution in [3.05, 3.63) is 59.9 Å². The largest absolute Gasteiger partial charge is 0.338 e. The number of aromatic nitrogens is 2. The Labute approximate surface area is 113 Å². The first kappa shape index (κ1) is 13.1. The third kappa shape index (κ3) is 3.81. The Balaban J connectivity index is 1.94. The molecule has 0 N–H and O–H groups in total. The molecule has 2 aromatic rings. The second-order valence-corrected chi connectivity index (χ2v) is 4.46. The van der Waals surface area contributed by atoms with Gasteiger partial charge in [-0.05, 0) is 11.6 Å². The highest BCUT2D eigenvalue weighted by atomic mass is 16.2. The van der Waals surface area contributed by atoms with Crippen molar-refractivity contribution in [1.29, 1.82) is 0 Å². The molecule has 0 spiro atoms. The third-order valence-electron chi connectivity index (χ3n) is 2.77. The minimum atomic E-state index is -0.0206. The average molecular weight is 255 g/mol. The summed E-state index contributed by atoms with van der Waals surface area (Å²) in [6.07, 6.45) is 7.09. The minimum absolute atomic E-state index is 0.0206. The van der Waals surface area contributed by atoms with Crippen LogP contribution in [0.3, 0.4) is 0 Å². The number of nitrogens with zero attached hydrogens (tertiary/aromatic N) is 3. The highest BCUT2D eigenvalue weighted by molar-refractivity contribution is 5.91. The van der Waals surface area contributed by atoms with E-state index in [0.29, 0.717) is 6.54 Å². The van der Waals surface area contributed by atoms with E-state index in [-0.39, 0.29) is 5.91 Å². The van der Waals surface area contributed by atoms with Gasteiger partial charge >= 0.3 is 0 Å². The highest BCUT2D eigenvalue weighted by Crippen LogP contribution is 2.04. The molecule has 0 bridgehead atoms. The molecule has 0 aliphatic carbocycles. The third-order valence-corrected chi connectivity index (χ3v) is 2.77. The molecule has 0 aliphatic heterocycles. The van der Waals surface area contributed by atoms with Crippen LogP contribution in [0, 0.1) is 0 Å². The number of carbonyl (C=O) groups is 1. The van der Waals surface area contributed by atoms with Gasteiger partial charge in [-0.2, -0.15) is 5.10 Å². The molecule has 0 fully saturated rings. The van der Waals surface area contributed by atoms with Gasteiger partial charge in [-0.25, -0.2) is 0 Å². The number of carbonyl (C=O) groups excluding carboxylic acids is 1. The maximum absolute atomic E-state index is 11.9. The summed E-state index contributed by atoms with van der Waals surface area (Å²) >= 11 is 0. The van der Waals surface area contributed by atoms with E-state index >= 15 is 0 Å². The van der Waals surface area contributed by atoms with Crippen molar-refractivity contribution in [2.24, 2.45) is 7.05 Å². The summed E-state index contributed by atoms with van der Waals surface area (Å²) in [5, 5.41) is 4.08. The second-order valence-electron chi connectivity index (χ2n) is 4.46. The first-order valence-electron chi connectivity index (χ1n) is 6.11. The molecule has 98 valence electrons. The van der Waals surface area contributed by atoms with Gasteiger partial charge < -0.3 is 4.90 Å². The Bertz CT molecular complexity index is 572. The summed E-state index contributed by atoms with van der Waals surface area (Å²) in [6.45, 7) is 0.561. The molecule has 19 heavy (non-hydrogen) atoms. The monoisotopic (exact) mass is 255 g/mol. The summed E-state index contributed by atoms with van der Waals surface area (Å²) in [5.74, 6) is -0.0206. The number of likely N-dealkylation sites (N-methyl/N-ethyl adjacent to an activating group) is 1. The first-order chi connectivity index (χ1) is 9.15. The quantitative estimate of drug-likeness (QED) is 0.785. The van der Waals surface area contributed by atoms with E-state index in [1.165, 1.54) is 0 Å². The molecule has 1 amide bonds. The molecule has 0 saturated carbocycles. The molecule has 0 aliphatic rings. The fourth-order valence-electron chi connectivity index (χ4n) is 1.76. The van der Waals surface area contributed by atoms with Gasteiger partial charge in [0.2, 0.25) is 5.91 Å². The lowest BCUT2D eigenvalue weighted by molar-refractivity contribution is -0.125. The molecular formula is C15H17N3O. The van der Waals surface area contributed by atoms with Crippen LogP contribution in [-0.4, -0.2) is 27.6 Å². The Hall–Kier alpha value is -2.36. The van der Waals surface area contributed by atoms with Crippen LogP contribution in [0.2, 0.25) is 0 Å². The van der Waals surface area contributed by atoms with E-state index in [0.717, 1.165) is 11.1 Å². The molecule has 0 unspecified atom stereocenters. The molecule has 4 nitrogen and oxygen atoms in total. The standard InChI is InChI=1S/C15H17N3O/c1-17(11-14-10-16-18(2)12-14)15(19)9-8-13-6-4-3-5-7-13/h3-10,12H,11H2,1-2H3/b9-8+. The molecule has 2 rings (SSSR count). The lowest BCUT2D eigenvalue weighted by Crippen LogP contribution is -2.23. The predicted molar refractivity (Wildman–Crippen MR) is 75.2 cm³/mol. The lowest BCUT2D eigenvalue weighted by atomic mass is 10.2. The van der Waals surface area contributed by atoms with E-state index in [2.05, 4.69) is 5.10 Å². The molecule has 1 aromatic carbocycles. The van der Waals surface area contributed by atoms with Crippen molar-refractivity contribution in [3.8, 4) is 0 Å². The van der Waals surface area contributed by atoms with Crippen molar-refractivity contribution in [2.45, 2.75) is 6.54 Å². The maximum Gasteiger partial charge on any atom is 0.246 e. The highest BCUT2D eigenvalue weighted by Gasteiger charge is 2.06. The number of hydrogen-bond acceptors (Lipinski definition) is 2. The van der Waals surface area contributed by atoms with Gasteiger partial charge in [0.15, 0.2) is 0 Å². The summed E-state index contributed by atoms with van der Waals surface area (Å²) in [4.78, 5) is 13.6. The van der Waals surface area contributed by atoms with Crippen LogP contribution < -0.4 is 0 Å². The number of rotatable bonds is 4. The molecule has 1 aromatic heterocycles. The summed E-state index contributed by atoms with van der Waals surface area (Å²) in [6, 6.07) is 9.77. The van der Waals surface area contributed by atoms with Crippen molar-refractivity contribution in [3.63, 3.8) is 0 Å². The molecule has 4 heteroatoms.